The van der Waals surface area contributed by atoms with Gasteiger partial charge >= 0.3 is 6.01 Å². The van der Waals surface area contributed by atoms with Crippen LogP contribution in [0.1, 0.15) is 19.8 Å². The van der Waals surface area contributed by atoms with Crippen molar-refractivity contribution in [1.29, 1.82) is 0 Å². The highest BCUT2D eigenvalue weighted by Crippen LogP contribution is 2.44. The molecule has 15 heavy (non-hydrogen) atoms. The van der Waals surface area contributed by atoms with Crippen LogP contribution in [0.3, 0.4) is 0 Å². The molecule has 0 unspecified atom stereocenters. The molecule has 1 fully saturated rings. The number of nitrogen functional groups attached to an aromatic ring is 1. The van der Waals surface area contributed by atoms with E-state index in [-0.39, 0.29) is 12.0 Å². The van der Waals surface area contributed by atoms with Crippen LogP contribution in [-0.2, 0) is 0 Å². The molecule has 0 bridgehead atoms. The number of nitrogens with zero attached hydrogens (tertiary/aromatic N) is 3. The van der Waals surface area contributed by atoms with Crippen LogP contribution in [0, 0.1) is 5.41 Å². The standard InChI is InChI=1S/C9H15N5O/c1-9(3-4-9)5-11-7-12-6(10)13-8(14-7)15-2/h3-5H2,1-2H3,(H3,10,11,12,13,14). The van der Waals surface area contributed by atoms with Gasteiger partial charge in [-0.05, 0) is 18.3 Å². The summed E-state index contributed by atoms with van der Waals surface area (Å²) < 4.78 is 4.90. The Morgan fingerprint density at radius 2 is 2.13 bits per heavy atom. The zero-order valence-electron chi connectivity index (χ0n) is 8.95. The lowest BCUT2D eigenvalue weighted by Gasteiger charge is -2.10. The Morgan fingerprint density at radius 3 is 2.73 bits per heavy atom. The summed E-state index contributed by atoms with van der Waals surface area (Å²) in [6.45, 7) is 3.08. The minimum Gasteiger partial charge on any atom is -0.467 e. The summed E-state index contributed by atoms with van der Waals surface area (Å²) in [5.74, 6) is 0.651. The number of methoxy groups -OCH3 is 1. The van der Waals surface area contributed by atoms with Gasteiger partial charge in [-0.15, -0.1) is 0 Å². The molecule has 3 N–H and O–H groups in total. The Balaban J connectivity index is 2.03. The fourth-order valence-electron chi connectivity index (χ4n) is 1.23. The molecule has 6 heteroatoms. The van der Waals surface area contributed by atoms with Crippen LogP contribution in [-0.4, -0.2) is 28.6 Å². The van der Waals surface area contributed by atoms with Crippen LogP contribution in [0.2, 0.25) is 0 Å². The van der Waals surface area contributed by atoms with E-state index in [1.54, 1.807) is 0 Å². The fraction of sp³-hybridized carbons (Fsp3) is 0.667. The van der Waals surface area contributed by atoms with E-state index in [2.05, 4.69) is 27.2 Å². The van der Waals surface area contributed by atoms with E-state index in [0.29, 0.717) is 11.4 Å². The summed E-state index contributed by atoms with van der Waals surface area (Å²) in [4.78, 5) is 11.8. The van der Waals surface area contributed by atoms with Crippen LogP contribution >= 0.6 is 0 Å². The summed E-state index contributed by atoms with van der Waals surface area (Å²) in [6, 6.07) is 0.242. The average Bonchev–Trinajstić information content (AvgIpc) is 2.94. The van der Waals surface area contributed by atoms with Gasteiger partial charge < -0.3 is 15.8 Å². The number of rotatable bonds is 4. The fourth-order valence-corrected chi connectivity index (χ4v) is 1.23. The number of hydrogen-bond donors (Lipinski definition) is 2. The Kier molecular flexibility index (Phi) is 2.34. The van der Waals surface area contributed by atoms with Gasteiger partial charge in [0.2, 0.25) is 11.9 Å². The zero-order valence-corrected chi connectivity index (χ0v) is 8.95. The van der Waals surface area contributed by atoms with Crippen molar-refractivity contribution in [3.8, 4) is 6.01 Å². The van der Waals surface area contributed by atoms with Gasteiger partial charge in [0.15, 0.2) is 0 Å². The first-order chi connectivity index (χ1) is 7.11. The second kappa shape index (κ2) is 3.52. The molecule has 1 aromatic rings. The smallest absolute Gasteiger partial charge is 0.322 e. The number of nitrogens with two attached hydrogens (primary N) is 1. The van der Waals surface area contributed by atoms with Gasteiger partial charge in [0, 0.05) is 6.54 Å². The third kappa shape index (κ3) is 2.45. The molecule has 0 aromatic carbocycles. The minimum absolute atomic E-state index is 0.172. The van der Waals surface area contributed by atoms with Crippen molar-refractivity contribution in [1.82, 2.24) is 15.0 Å². The molecule has 0 aliphatic heterocycles. The molecule has 1 aliphatic rings. The Morgan fingerprint density at radius 1 is 1.40 bits per heavy atom. The molecular formula is C9H15N5O. The molecule has 1 aromatic heterocycles. The third-order valence-corrected chi connectivity index (χ3v) is 2.59. The maximum Gasteiger partial charge on any atom is 0.322 e. The number of hydrogen-bond acceptors (Lipinski definition) is 6. The molecule has 1 saturated carbocycles. The average molecular weight is 209 g/mol. The van der Waals surface area contributed by atoms with E-state index in [4.69, 9.17) is 10.5 Å². The third-order valence-electron chi connectivity index (χ3n) is 2.59. The molecule has 0 atom stereocenters. The molecular weight excluding hydrogens is 194 g/mol. The topological polar surface area (TPSA) is 86.0 Å². The molecule has 0 saturated heterocycles. The van der Waals surface area contributed by atoms with Gasteiger partial charge in [0.05, 0.1) is 7.11 Å². The van der Waals surface area contributed by atoms with E-state index in [1.165, 1.54) is 20.0 Å². The van der Waals surface area contributed by atoms with Crippen LogP contribution in [0.5, 0.6) is 6.01 Å². The second-order valence-electron chi connectivity index (χ2n) is 4.17. The first-order valence-electron chi connectivity index (χ1n) is 4.91. The van der Waals surface area contributed by atoms with E-state index >= 15 is 0 Å². The largest absolute Gasteiger partial charge is 0.467 e. The number of anilines is 2. The van der Waals surface area contributed by atoms with Crippen molar-refractivity contribution >= 4 is 11.9 Å². The first kappa shape index (κ1) is 9.95. The molecule has 0 spiro atoms. The van der Waals surface area contributed by atoms with Crippen molar-refractivity contribution in [3.05, 3.63) is 0 Å². The van der Waals surface area contributed by atoms with E-state index in [9.17, 15) is 0 Å². The summed E-state index contributed by atoms with van der Waals surface area (Å²) >= 11 is 0. The second-order valence-corrected chi connectivity index (χ2v) is 4.17. The highest BCUT2D eigenvalue weighted by molar-refractivity contribution is 5.33. The maximum atomic E-state index is 5.51. The van der Waals surface area contributed by atoms with Crippen LogP contribution < -0.4 is 15.8 Å². The Hall–Kier alpha value is -1.59. The zero-order chi connectivity index (χ0) is 10.9. The highest BCUT2D eigenvalue weighted by atomic mass is 16.5. The van der Waals surface area contributed by atoms with Gasteiger partial charge in [0.25, 0.3) is 0 Å². The maximum absolute atomic E-state index is 5.51. The van der Waals surface area contributed by atoms with Gasteiger partial charge in [-0.1, -0.05) is 6.92 Å². The van der Waals surface area contributed by atoms with Gasteiger partial charge in [-0.2, -0.15) is 15.0 Å². The molecule has 6 nitrogen and oxygen atoms in total. The number of ether oxygens (including phenoxy) is 1. The lowest BCUT2D eigenvalue weighted by atomic mass is 10.1. The molecule has 2 rings (SSSR count). The van der Waals surface area contributed by atoms with Crippen LogP contribution in [0.25, 0.3) is 0 Å². The lowest BCUT2D eigenvalue weighted by Crippen LogP contribution is -2.15. The molecule has 1 aliphatic carbocycles. The first-order valence-corrected chi connectivity index (χ1v) is 4.91. The molecule has 82 valence electrons. The summed E-state index contributed by atoms with van der Waals surface area (Å²) in [7, 11) is 1.50. The summed E-state index contributed by atoms with van der Waals surface area (Å²) in [6.07, 6.45) is 2.50. The van der Waals surface area contributed by atoms with E-state index in [0.717, 1.165) is 6.54 Å². The predicted octanol–water partition coefficient (Wildman–Crippen LogP) is 0.674. The van der Waals surface area contributed by atoms with Crippen molar-refractivity contribution in [2.45, 2.75) is 19.8 Å². The van der Waals surface area contributed by atoms with Crippen LogP contribution in [0.15, 0.2) is 0 Å². The Bertz CT molecular complexity index is 364. The molecule has 0 amide bonds. The lowest BCUT2D eigenvalue weighted by molar-refractivity contribution is 0.379. The molecule has 1 heterocycles. The monoisotopic (exact) mass is 209 g/mol. The highest BCUT2D eigenvalue weighted by Gasteiger charge is 2.37. The summed E-state index contributed by atoms with van der Waals surface area (Å²) in [5.41, 5.74) is 5.91. The van der Waals surface area contributed by atoms with Crippen molar-refractivity contribution in [2.24, 2.45) is 5.41 Å². The SMILES string of the molecule is COc1nc(N)nc(NCC2(C)CC2)n1. The van der Waals surface area contributed by atoms with Crippen molar-refractivity contribution in [3.63, 3.8) is 0 Å². The van der Waals surface area contributed by atoms with Gasteiger partial charge in [0.1, 0.15) is 0 Å². The normalized spacial score (nSPS) is 17.2. The van der Waals surface area contributed by atoms with Crippen LogP contribution in [0.4, 0.5) is 11.9 Å². The minimum atomic E-state index is 0.172. The Labute approximate surface area is 88.3 Å². The summed E-state index contributed by atoms with van der Waals surface area (Å²) in [5, 5.41) is 3.14. The van der Waals surface area contributed by atoms with Crippen molar-refractivity contribution in [2.75, 3.05) is 24.7 Å². The number of nitrogens with one attached hydrogen (secondary N) is 1. The van der Waals surface area contributed by atoms with Gasteiger partial charge in [-0.3, -0.25) is 0 Å². The van der Waals surface area contributed by atoms with E-state index < -0.39 is 0 Å². The number of aromatic nitrogens is 3. The van der Waals surface area contributed by atoms with Gasteiger partial charge in [-0.25, -0.2) is 0 Å². The quantitative estimate of drug-likeness (QED) is 0.758. The molecule has 0 radical (unpaired) electrons. The van der Waals surface area contributed by atoms with Crippen molar-refractivity contribution < 1.29 is 4.74 Å². The van der Waals surface area contributed by atoms with E-state index in [1.807, 2.05) is 0 Å². The predicted molar refractivity (Wildman–Crippen MR) is 56.6 cm³/mol.